The van der Waals surface area contributed by atoms with Crippen molar-refractivity contribution in [3.05, 3.63) is 47.3 Å². The van der Waals surface area contributed by atoms with Crippen molar-refractivity contribution in [1.29, 1.82) is 0 Å². The van der Waals surface area contributed by atoms with E-state index in [9.17, 15) is 13.2 Å². The number of rotatable bonds is 1. The molecule has 0 unspecified atom stereocenters. The third-order valence-electron chi connectivity index (χ3n) is 4.75. The first-order valence-corrected chi connectivity index (χ1v) is 8.21. The average molecular weight is 345 g/mol. The van der Waals surface area contributed by atoms with Crippen LogP contribution in [0.1, 0.15) is 23.4 Å². The normalized spacial score (nSPS) is 16.6. The molecule has 6 heteroatoms. The van der Waals surface area contributed by atoms with Gasteiger partial charge >= 0.3 is 6.18 Å². The molecule has 3 heterocycles. The molecule has 4 rings (SSSR count). The fraction of sp³-hybridized carbons (Fsp3) is 0.316. The Morgan fingerprint density at radius 2 is 2.00 bits per heavy atom. The zero-order valence-corrected chi connectivity index (χ0v) is 14.0. The molecule has 130 valence electrons. The van der Waals surface area contributed by atoms with Crippen LogP contribution in [0.4, 0.5) is 13.2 Å². The third-order valence-corrected chi connectivity index (χ3v) is 4.75. The summed E-state index contributed by atoms with van der Waals surface area (Å²) in [4.78, 5) is 9.96. The molecular formula is C19H18F3N3. The zero-order chi connectivity index (χ0) is 17.8. The molecule has 1 aliphatic rings. The molecule has 1 N–H and O–H groups in total. The van der Waals surface area contributed by atoms with E-state index >= 15 is 0 Å². The lowest BCUT2D eigenvalue weighted by atomic mass is 10.0. The number of benzene rings is 1. The molecule has 0 radical (unpaired) electrons. The first-order valence-electron chi connectivity index (χ1n) is 8.21. The highest BCUT2D eigenvalue weighted by atomic mass is 19.4. The number of aryl methyl sites for hydroxylation is 1. The summed E-state index contributed by atoms with van der Waals surface area (Å²) >= 11 is 0. The molecular weight excluding hydrogens is 327 g/mol. The van der Waals surface area contributed by atoms with E-state index in [1.54, 1.807) is 13.0 Å². The number of likely N-dealkylation sites (N-methyl/N-ethyl adjacent to an activating group) is 1. The maximum atomic E-state index is 13.4. The maximum absolute atomic E-state index is 13.4. The van der Waals surface area contributed by atoms with Crippen LogP contribution in [0.25, 0.3) is 27.4 Å². The van der Waals surface area contributed by atoms with Crippen molar-refractivity contribution >= 4 is 27.4 Å². The van der Waals surface area contributed by atoms with E-state index in [1.165, 1.54) is 6.07 Å². The minimum absolute atomic E-state index is 0.160. The van der Waals surface area contributed by atoms with E-state index in [4.69, 9.17) is 0 Å². The Balaban J connectivity index is 1.94. The Bertz CT molecular complexity index is 998. The Hall–Kier alpha value is -2.34. The minimum Gasteiger partial charge on any atom is -0.357 e. The van der Waals surface area contributed by atoms with E-state index in [2.05, 4.69) is 28.0 Å². The fourth-order valence-electron chi connectivity index (χ4n) is 3.43. The van der Waals surface area contributed by atoms with Crippen LogP contribution < -0.4 is 0 Å². The molecule has 3 aromatic rings. The molecule has 2 aromatic heterocycles. The number of aromatic nitrogens is 2. The Morgan fingerprint density at radius 1 is 1.20 bits per heavy atom. The van der Waals surface area contributed by atoms with Crippen LogP contribution in [-0.4, -0.2) is 35.0 Å². The summed E-state index contributed by atoms with van der Waals surface area (Å²) in [6, 6.07) is 6.37. The van der Waals surface area contributed by atoms with E-state index in [0.29, 0.717) is 16.7 Å². The molecule has 0 aliphatic carbocycles. The number of hydrogen-bond donors (Lipinski definition) is 1. The molecule has 1 aliphatic heterocycles. The van der Waals surface area contributed by atoms with Crippen LogP contribution in [-0.2, 0) is 6.18 Å². The van der Waals surface area contributed by atoms with Crippen LogP contribution in [0.5, 0.6) is 0 Å². The van der Waals surface area contributed by atoms with Crippen LogP contribution in [0.3, 0.4) is 0 Å². The first-order chi connectivity index (χ1) is 11.8. The van der Waals surface area contributed by atoms with Gasteiger partial charge in [0.2, 0.25) is 0 Å². The quantitative estimate of drug-likeness (QED) is 0.689. The predicted octanol–water partition coefficient (Wildman–Crippen LogP) is 4.76. The van der Waals surface area contributed by atoms with Gasteiger partial charge < -0.3 is 9.88 Å². The minimum atomic E-state index is -4.39. The number of hydrogen-bond acceptors (Lipinski definition) is 2. The van der Waals surface area contributed by atoms with Gasteiger partial charge in [0.25, 0.3) is 0 Å². The standard InChI is InChI=1S/C19H18F3N3/c1-11-9-15(19(20,21)22)14-4-3-13-10-16(24-17(13)18(14)23-11)12-5-7-25(2)8-6-12/h3-5,9-10,23H,6-8H2,1-2H3. The highest BCUT2D eigenvalue weighted by Crippen LogP contribution is 2.37. The molecule has 0 fully saturated rings. The van der Waals surface area contributed by atoms with Gasteiger partial charge in [0.15, 0.2) is 0 Å². The lowest BCUT2D eigenvalue weighted by molar-refractivity contribution is -0.136. The lowest BCUT2D eigenvalue weighted by Gasteiger charge is -2.20. The lowest BCUT2D eigenvalue weighted by Crippen LogP contribution is -2.23. The Kier molecular flexibility index (Phi) is 3.61. The van der Waals surface area contributed by atoms with Gasteiger partial charge in [-0.05, 0) is 38.1 Å². The van der Waals surface area contributed by atoms with Gasteiger partial charge in [-0.1, -0.05) is 18.2 Å². The van der Waals surface area contributed by atoms with Crippen LogP contribution in [0, 0.1) is 6.92 Å². The summed E-state index contributed by atoms with van der Waals surface area (Å²) < 4.78 is 40.1. The van der Waals surface area contributed by atoms with Crippen molar-refractivity contribution in [2.45, 2.75) is 19.5 Å². The van der Waals surface area contributed by atoms with Gasteiger partial charge in [0.05, 0.1) is 22.3 Å². The van der Waals surface area contributed by atoms with Crippen molar-refractivity contribution in [3.63, 3.8) is 0 Å². The van der Waals surface area contributed by atoms with Crippen molar-refractivity contribution in [2.75, 3.05) is 20.1 Å². The average Bonchev–Trinajstić information content (AvgIpc) is 2.98. The molecule has 0 bridgehead atoms. The van der Waals surface area contributed by atoms with E-state index in [0.717, 1.165) is 42.2 Å². The molecule has 1 aromatic carbocycles. The van der Waals surface area contributed by atoms with Gasteiger partial charge in [0, 0.05) is 29.6 Å². The number of halogens is 3. The van der Waals surface area contributed by atoms with Crippen molar-refractivity contribution in [1.82, 2.24) is 14.9 Å². The molecule has 0 amide bonds. The van der Waals surface area contributed by atoms with E-state index < -0.39 is 11.7 Å². The number of nitrogens with one attached hydrogen (secondary N) is 1. The fourth-order valence-corrected chi connectivity index (χ4v) is 3.43. The van der Waals surface area contributed by atoms with Crippen LogP contribution in [0.2, 0.25) is 0 Å². The van der Waals surface area contributed by atoms with Crippen molar-refractivity contribution < 1.29 is 13.2 Å². The van der Waals surface area contributed by atoms with Gasteiger partial charge in [-0.2, -0.15) is 13.2 Å². The second kappa shape index (κ2) is 5.59. The largest absolute Gasteiger partial charge is 0.417 e. The number of nitrogens with zero attached hydrogens (tertiary/aromatic N) is 2. The van der Waals surface area contributed by atoms with Crippen molar-refractivity contribution in [3.8, 4) is 0 Å². The number of pyridine rings is 1. The monoisotopic (exact) mass is 345 g/mol. The van der Waals surface area contributed by atoms with Gasteiger partial charge in [-0.25, -0.2) is 4.98 Å². The summed E-state index contributed by atoms with van der Waals surface area (Å²) in [7, 11) is 2.06. The molecule has 0 saturated carbocycles. The molecule has 0 saturated heterocycles. The van der Waals surface area contributed by atoms with Crippen molar-refractivity contribution in [2.24, 2.45) is 0 Å². The summed E-state index contributed by atoms with van der Waals surface area (Å²) in [6.45, 7) is 3.46. The smallest absolute Gasteiger partial charge is 0.357 e. The highest BCUT2D eigenvalue weighted by molar-refractivity contribution is 6.05. The molecule has 0 atom stereocenters. The van der Waals surface area contributed by atoms with Crippen LogP contribution >= 0.6 is 0 Å². The third kappa shape index (κ3) is 2.80. The zero-order valence-electron chi connectivity index (χ0n) is 14.0. The topological polar surface area (TPSA) is 31.9 Å². The summed E-state index contributed by atoms with van der Waals surface area (Å²) in [5.41, 5.74) is 2.91. The number of H-pyrrole nitrogens is 1. The first kappa shape index (κ1) is 16.1. The molecule has 0 spiro atoms. The second-order valence-electron chi connectivity index (χ2n) is 6.67. The second-order valence-corrected chi connectivity index (χ2v) is 6.67. The number of aromatic amines is 1. The number of alkyl halides is 3. The van der Waals surface area contributed by atoms with Gasteiger partial charge in [-0.3, -0.25) is 0 Å². The summed E-state index contributed by atoms with van der Waals surface area (Å²) in [5, 5.41) is 1.02. The summed E-state index contributed by atoms with van der Waals surface area (Å²) in [6.07, 6.45) is -1.35. The van der Waals surface area contributed by atoms with Crippen LogP contribution in [0.15, 0.2) is 30.3 Å². The summed E-state index contributed by atoms with van der Waals surface area (Å²) in [5.74, 6) is 0. The molecule has 3 nitrogen and oxygen atoms in total. The Morgan fingerprint density at radius 3 is 2.68 bits per heavy atom. The van der Waals surface area contributed by atoms with E-state index in [-0.39, 0.29) is 5.39 Å². The maximum Gasteiger partial charge on any atom is 0.417 e. The number of fused-ring (bicyclic) bond motifs is 3. The Labute approximate surface area is 143 Å². The van der Waals surface area contributed by atoms with E-state index in [1.807, 2.05) is 6.07 Å². The predicted molar refractivity (Wildman–Crippen MR) is 93.4 cm³/mol. The SMILES string of the molecule is Cc1cc(C(F)(F)F)c2ccc3cc(C4=CCN(C)CC4)nc3c2[nH]1. The van der Waals surface area contributed by atoms with Gasteiger partial charge in [-0.15, -0.1) is 0 Å². The van der Waals surface area contributed by atoms with Gasteiger partial charge in [0.1, 0.15) is 0 Å². The molecule has 25 heavy (non-hydrogen) atoms. The highest BCUT2D eigenvalue weighted by Gasteiger charge is 2.33.